The molecule has 0 fully saturated rings. The fourth-order valence-corrected chi connectivity index (χ4v) is 3.69. The second-order valence-corrected chi connectivity index (χ2v) is 7.67. The number of nitrogens with two attached hydrogens (primary N) is 1. The van der Waals surface area contributed by atoms with Gasteiger partial charge >= 0.3 is 0 Å². The fraction of sp³-hybridized carbons (Fsp3) is 0.118. The van der Waals surface area contributed by atoms with E-state index in [0.29, 0.717) is 21.8 Å². The van der Waals surface area contributed by atoms with Crippen LogP contribution in [-0.4, -0.2) is 19.7 Å². The summed E-state index contributed by atoms with van der Waals surface area (Å²) in [4.78, 5) is 4.84. The van der Waals surface area contributed by atoms with E-state index in [4.69, 9.17) is 17.3 Å². The maximum absolute atomic E-state index is 12.1. The van der Waals surface area contributed by atoms with Crippen LogP contribution < -0.4 is 5.73 Å². The molecule has 0 saturated heterocycles. The predicted molar refractivity (Wildman–Crippen MR) is 93.2 cm³/mol. The number of nitrogens with zero attached hydrogens (tertiary/aromatic N) is 1. The Morgan fingerprint density at radius 1 is 1.13 bits per heavy atom. The molecule has 6 heteroatoms. The third kappa shape index (κ3) is 2.95. The van der Waals surface area contributed by atoms with E-state index < -0.39 is 9.84 Å². The van der Waals surface area contributed by atoms with Crippen molar-refractivity contribution in [1.29, 1.82) is 0 Å². The van der Waals surface area contributed by atoms with Gasteiger partial charge in [0.1, 0.15) is 0 Å². The van der Waals surface area contributed by atoms with Gasteiger partial charge in [-0.3, -0.25) is 0 Å². The minimum absolute atomic E-state index is 0.230. The molecule has 0 aliphatic heterocycles. The standard InChI is InChI=1S/C17H15ClN2O2S/c1-23(21,22)15-8-3-2-6-13(15)16-12(10-19)9-11-5-4-7-14(18)17(11)20-16/h2-9H,10,19H2,1H3. The molecule has 0 unspecified atom stereocenters. The average molecular weight is 347 g/mol. The number of aromatic nitrogens is 1. The van der Waals surface area contributed by atoms with E-state index in [2.05, 4.69) is 4.98 Å². The number of hydrogen-bond acceptors (Lipinski definition) is 4. The van der Waals surface area contributed by atoms with Gasteiger partial charge in [-0.15, -0.1) is 0 Å². The van der Waals surface area contributed by atoms with Gasteiger partial charge in [0, 0.05) is 23.8 Å². The molecule has 2 aromatic carbocycles. The van der Waals surface area contributed by atoms with Crippen molar-refractivity contribution < 1.29 is 8.42 Å². The van der Waals surface area contributed by atoms with E-state index in [1.165, 1.54) is 6.26 Å². The second kappa shape index (κ2) is 5.92. The number of halogens is 1. The SMILES string of the molecule is CS(=O)(=O)c1ccccc1-c1nc2c(Cl)cccc2cc1CN. The molecule has 0 atom stereocenters. The minimum atomic E-state index is -3.38. The minimum Gasteiger partial charge on any atom is -0.326 e. The maximum atomic E-state index is 12.1. The zero-order valence-electron chi connectivity index (χ0n) is 12.5. The summed E-state index contributed by atoms with van der Waals surface area (Å²) in [6.45, 7) is 0.253. The van der Waals surface area contributed by atoms with Crippen molar-refractivity contribution in [3.8, 4) is 11.3 Å². The molecule has 23 heavy (non-hydrogen) atoms. The first kappa shape index (κ1) is 15.9. The van der Waals surface area contributed by atoms with Gasteiger partial charge in [0.05, 0.1) is 21.1 Å². The van der Waals surface area contributed by atoms with E-state index in [1.54, 1.807) is 30.3 Å². The number of hydrogen-bond donors (Lipinski definition) is 1. The molecule has 4 nitrogen and oxygen atoms in total. The number of fused-ring (bicyclic) bond motifs is 1. The first-order valence-electron chi connectivity index (χ1n) is 6.99. The molecule has 0 bridgehead atoms. The Morgan fingerprint density at radius 3 is 2.57 bits per heavy atom. The van der Waals surface area contributed by atoms with Gasteiger partial charge in [-0.2, -0.15) is 0 Å². The molecule has 0 spiro atoms. The highest BCUT2D eigenvalue weighted by atomic mass is 35.5. The first-order chi connectivity index (χ1) is 10.9. The van der Waals surface area contributed by atoms with Crippen LogP contribution in [0.4, 0.5) is 0 Å². The summed E-state index contributed by atoms with van der Waals surface area (Å²) >= 11 is 6.23. The fourth-order valence-electron chi connectivity index (χ4n) is 2.58. The van der Waals surface area contributed by atoms with Crippen LogP contribution in [0.3, 0.4) is 0 Å². The Morgan fingerprint density at radius 2 is 1.87 bits per heavy atom. The van der Waals surface area contributed by atoms with E-state index >= 15 is 0 Å². The molecule has 118 valence electrons. The molecule has 0 radical (unpaired) electrons. The quantitative estimate of drug-likeness (QED) is 0.788. The second-order valence-electron chi connectivity index (χ2n) is 5.28. The van der Waals surface area contributed by atoms with Gasteiger partial charge in [0.25, 0.3) is 0 Å². The summed E-state index contributed by atoms with van der Waals surface area (Å²) < 4.78 is 24.1. The van der Waals surface area contributed by atoms with Gasteiger partial charge in [0.15, 0.2) is 9.84 Å². The van der Waals surface area contributed by atoms with Gasteiger partial charge < -0.3 is 5.73 Å². The maximum Gasteiger partial charge on any atom is 0.176 e. The van der Waals surface area contributed by atoms with E-state index in [-0.39, 0.29) is 11.4 Å². The third-order valence-electron chi connectivity index (χ3n) is 3.64. The van der Waals surface area contributed by atoms with Crippen LogP contribution in [0.15, 0.2) is 53.4 Å². The summed E-state index contributed by atoms with van der Waals surface area (Å²) in [6.07, 6.45) is 1.18. The van der Waals surface area contributed by atoms with Crippen LogP contribution in [0.1, 0.15) is 5.56 Å². The number of rotatable bonds is 3. The molecule has 0 saturated carbocycles. The highest BCUT2D eigenvalue weighted by Crippen LogP contribution is 2.32. The van der Waals surface area contributed by atoms with Crippen LogP contribution in [0.5, 0.6) is 0 Å². The van der Waals surface area contributed by atoms with Gasteiger partial charge in [-0.05, 0) is 23.8 Å². The molecule has 1 aromatic heterocycles. The number of pyridine rings is 1. The van der Waals surface area contributed by atoms with Crippen molar-refractivity contribution in [2.75, 3.05) is 6.26 Å². The van der Waals surface area contributed by atoms with Crippen molar-refractivity contribution in [1.82, 2.24) is 4.98 Å². The van der Waals surface area contributed by atoms with Crippen LogP contribution in [0.25, 0.3) is 22.2 Å². The zero-order chi connectivity index (χ0) is 16.6. The molecule has 1 heterocycles. The highest BCUT2D eigenvalue weighted by Gasteiger charge is 2.18. The average Bonchev–Trinajstić information content (AvgIpc) is 2.53. The Labute approximate surface area is 139 Å². The molecular formula is C17H15ClN2O2S. The number of para-hydroxylation sites is 1. The summed E-state index contributed by atoms with van der Waals surface area (Å²) in [5.41, 5.74) is 8.35. The lowest BCUT2D eigenvalue weighted by Crippen LogP contribution is -2.05. The highest BCUT2D eigenvalue weighted by molar-refractivity contribution is 7.90. The lowest BCUT2D eigenvalue weighted by atomic mass is 10.0. The summed E-state index contributed by atoms with van der Waals surface area (Å²) in [5, 5.41) is 1.39. The Kier molecular flexibility index (Phi) is 4.10. The summed E-state index contributed by atoms with van der Waals surface area (Å²) in [7, 11) is -3.38. The van der Waals surface area contributed by atoms with Crippen LogP contribution >= 0.6 is 11.6 Å². The Bertz CT molecular complexity index is 1000. The van der Waals surface area contributed by atoms with E-state index in [0.717, 1.165) is 10.9 Å². The van der Waals surface area contributed by atoms with Crippen molar-refractivity contribution in [3.05, 3.63) is 59.1 Å². The van der Waals surface area contributed by atoms with Crippen molar-refractivity contribution in [2.45, 2.75) is 11.4 Å². The zero-order valence-corrected chi connectivity index (χ0v) is 14.0. The first-order valence-corrected chi connectivity index (χ1v) is 9.26. The molecule has 0 aliphatic rings. The van der Waals surface area contributed by atoms with E-state index in [9.17, 15) is 8.42 Å². The van der Waals surface area contributed by atoms with Crippen molar-refractivity contribution in [2.24, 2.45) is 5.73 Å². The molecule has 0 amide bonds. The van der Waals surface area contributed by atoms with Crippen LogP contribution in [0.2, 0.25) is 5.02 Å². The molecule has 3 aromatic rings. The van der Waals surface area contributed by atoms with Crippen molar-refractivity contribution >= 4 is 32.3 Å². The van der Waals surface area contributed by atoms with Crippen molar-refractivity contribution in [3.63, 3.8) is 0 Å². The molecule has 3 rings (SSSR count). The lowest BCUT2D eigenvalue weighted by Gasteiger charge is -2.13. The monoisotopic (exact) mass is 346 g/mol. The third-order valence-corrected chi connectivity index (χ3v) is 5.10. The van der Waals surface area contributed by atoms with E-state index in [1.807, 2.05) is 18.2 Å². The van der Waals surface area contributed by atoms with Crippen LogP contribution in [-0.2, 0) is 16.4 Å². The summed E-state index contributed by atoms with van der Waals surface area (Å²) in [5.74, 6) is 0. The van der Waals surface area contributed by atoms with Gasteiger partial charge in [0.2, 0.25) is 0 Å². The van der Waals surface area contributed by atoms with Gasteiger partial charge in [-0.1, -0.05) is 41.9 Å². The topological polar surface area (TPSA) is 73.0 Å². The molecule has 2 N–H and O–H groups in total. The lowest BCUT2D eigenvalue weighted by molar-refractivity contribution is 0.602. The molecular weight excluding hydrogens is 332 g/mol. The van der Waals surface area contributed by atoms with Gasteiger partial charge in [-0.25, -0.2) is 13.4 Å². The summed E-state index contributed by atoms with van der Waals surface area (Å²) in [6, 6.07) is 14.2. The smallest absolute Gasteiger partial charge is 0.176 e. The normalized spacial score (nSPS) is 11.8. The number of sulfone groups is 1. The Hall–Kier alpha value is -1.95. The largest absolute Gasteiger partial charge is 0.326 e. The van der Waals surface area contributed by atoms with Crippen LogP contribution in [0, 0.1) is 0 Å². The molecule has 0 aliphatic carbocycles. The Balaban J connectivity index is 2.39. The number of benzene rings is 2. The predicted octanol–water partition coefficient (Wildman–Crippen LogP) is 3.42.